The number of benzene rings is 2. The van der Waals surface area contributed by atoms with Crippen LogP contribution in [0.15, 0.2) is 47.4 Å². The summed E-state index contributed by atoms with van der Waals surface area (Å²) >= 11 is 3.98. The summed E-state index contributed by atoms with van der Waals surface area (Å²) in [6.07, 6.45) is 0. The molecule has 20 heavy (non-hydrogen) atoms. The molecular formula is C15H12FNO2S. The van der Waals surface area contributed by atoms with Crippen LogP contribution in [-0.2, 0) is 0 Å². The molecule has 1 unspecified atom stereocenters. The van der Waals surface area contributed by atoms with Crippen molar-refractivity contribution in [2.24, 2.45) is 0 Å². The van der Waals surface area contributed by atoms with Crippen LogP contribution >= 0.6 is 12.6 Å². The van der Waals surface area contributed by atoms with Gasteiger partial charge in [0.1, 0.15) is 18.2 Å². The van der Waals surface area contributed by atoms with Crippen molar-refractivity contribution >= 4 is 18.5 Å². The highest BCUT2D eigenvalue weighted by Gasteiger charge is 2.25. The molecule has 0 radical (unpaired) electrons. The van der Waals surface area contributed by atoms with Gasteiger partial charge in [-0.05, 0) is 24.3 Å². The molecule has 0 saturated heterocycles. The first kappa shape index (κ1) is 13.0. The third-order valence-corrected chi connectivity index (χ3v) is 3.56. The first-order valence-electron chi connectivity index (χ1n) is 6.16. The van der Waals surface area contributed by atoms with Gasteiger partial charge >= 0.3 is 0 Å². The summed E-state index contributed by atoms with van der Waals surface area (Å²) in [6.45, 7) is 0.403. The van der Waals surface area contributed by atoms with Gasteiger partial charge in [0.25, 0.3) is 5.91 Å². The van der Waals surface area contributed by atoms with Crippen LogP contribution in [0.25, 0.3) is 0 Å². The molecule has 0 fully saturated rings. The number of hydrogen-bond acceptors (Lipinski definition) is 3. The number of rotatable bonds is 2. The maximum atomic E-state index is 13.1. The minimum absolute atomic E-state index is 0.153. The number of para-hydroxylation sites is 1. The summed E-state index contributed by atoms with van der Waals surface area (Å²) in [4.78, 5) is 12.3. The summed E-state index contributed by atoms with van der Waals surface area (Å²) < 4.78 is 18.6. The fourth-order valence-electron chi connectivity index (χ4n) is 2.18. The Hall–Kier alpha value is -2.01. The molecule has 1 atom stereocenters. The summed E-state index contributed by atoms with van der Waals surface area (Å²) in [6, 6.07) is 11.5. The Morgan fingerprint density at radius 3 is 2.90 bits per heavy atom. The molecule has 0 saturated carbocycles. The van der Waals surface area contributed by atoms with Crippen LogP contribution < -0.4 is 10.1 Å². The van der Waals surface area contributed by atoms with Crippen LogP contribution in [-0.4, -0.2) is 12.5 Å². The summed E-state index contributed by atoms with van der Waals surface area (Å²) in [7, 11) is 0. The number of carbonyl (C=O) groups is 1. The van der Waals surface area contributed by atoms with Crippen LogP contribution in [0.1, 0.15) is 22.0 Å². The molecule has 3 nitrogen and oxygen atoms in total. The van der Waals surface area contributed by atoms with Crippen molar-refractivity contribution in [3.63, 3.8) is 0 Å². The molecular weight excluding hydrogens is 277 g/mol. The molecule has 3 rings (SSSR count). The second kappa shape index (κ2) is 5.17. The summed E-state index contributed by atoms with van der Waals surface area (Å²) in [5.41, 5.74) is 1.33. The molecule has 1 N–H and O–H groups in total. The van der Waals surface area contributed by atoms with E-state index in [2.05, 4.69) is 17.9 Å². The van der Waals surface area contributed by atoms with E-state index in [4.69, 9.17) is 4.74 Å². The first-order valence-corrected chi connectivity index (χ1v) is 6.61. The summed E-state index contributed by atoms with van der Waals surface area (Å²) in [5.74, 6) is 0.0665. The highest BCUT2D eigenvalue weighted by Crippen LogP contribution is 2.31. The second-order valence-electron chi connectivity index (χ2n) is 4.54. The smallest absolute Gasteiger partial charge is 0.251 e. The van der Waals surface area contributed by atoms with Gasteiger partial charge in [-0.1, -0.05) is 18.2 Å². The number of hydrogen-bond donors (Lipinski definition) is 2. The Bertz CT molecular complexity index is 675. The van der Waals surface area contributed by atoms with E-state index in [0.29, 0.717) is 12.2 Å². The molecule has 2 aromatic carbocycles. The monoisotopic (exact) mass is 289 g/mol. The van der Waals surface area contributed by atoms with E-state index in [1.165, 1.54) is 18.2 Å². The van der Waals surface area contributed by atoms with Crippen molar-refractivity contribution < 1.29 is 13.9 Å². The van der Waals surface area contributed by atoms with Crippen molar-refractivity contribution in [2.75, 3.05) is 6.61 Å². The van der Waals surface area contributed by atoms with Gasteiger partial charge in [-0.2, -0.15) is 0 Å². The lowest BCUT2D eigenvalue weighted by atomic mass is 10.1. The van der Waals surface area contributed by atoms with Crippen LogP contribution in [0.5, 0.6) is 5.75 Å². The Labute approximate surface area is 121 Å². The Balaban J connectivity index is 1.79. The molecule has 1 amide bonds. The van der Waals surface area contributed by atoms with Crippen molar-refractivity contribution in [3.8, 4) is 5.75 Å². The van der Waals surface area contributed by atoms with Crippen molar-refractivity contribution in [1.29, 1.82) is 0 Å². The Morgan fingerprint density at radius 1 is 1.30 bits per heavy atom. The highest BCUT2D eigenvalue weighted by molar-refractivity contribution is 7.80. The largest absolute Gasteiger partial charge is 0.491 e. The number of nitrogens with one attached hydrogen (secondary N) is 1. The van der Waals surface area contributed by atoms with E-state index >= 15 is 0 Å². The fourth-order valence-corrected chi connectivity index (χ4v) is 2.39. The number of halogens is 1. The lowest BCUT2D eigenvalue weighted by molar-refractivity contribution is 0.0930. The zero-order valence-electron chi connectivity index (χ0n) is 10.5. The van der Waals surface area contributed by atoms with E-state index in [0.717, 1.165) is 11.3 Å². The predicted octanol–water partition coefficient (Wildman–Crippen LogP) is 2.98. The van der Waals surface area contributed by atoms with Gasteiger partial charge in [-0.15, -0.1) is 12.6 Å². The van der Waals surface area contributed by atoms with Gasteiger partial charge in [0.15, 0.2) is 0 Å². The van der Waals surface area contributed by atoms with E-state index in [9.17, 15) is 9.18 Å². The zero-order chi connectivity index (χ0) is 14.1. The minimum atomic E-state index is -0.445. The quantitative estimate of drug-likeness (QED) is 0.834. The molecule has 102 valence electrons. The number of fused-ring (bicyclic) bond motifs is 1. The molecule has 0 spiro atoms. The third-order valence-electron chi connectivity index (χ3n) is 3.21. The number of ether oxygens (including phenoxy) is 1. The lowest BCUT2D eigenvalue weighted by Gasteiger charge is -2.12. The van der Waals surface area contributed by atoms with Gasteiger partial charge in [0.05, 0.1) is 6.04 Å². The van der Waals surface area contributed by atoms with E-state index in [1.807, 2.05) is 24.3 Å². The lowest BCUT2D eigenvalue weighted by Crippen LogP contribution is -2.29. The van der Waals surface area contributed by atoms with Crippen molar-refractivity contribution in [2.45, 2.75) is 10.9 Å². The van der Waals surface area contributed by atoms with Crippen LogP contribution in [0.4, 0.5) is 4.39 Å². The SMILES string of the molecule is O=C(NC1COc2ccccc21)c1ccc(F)c(S)c1. The van der Waals surface area contributed by atoms with Gasteiger partial charge in [0.2, 0.25) is 0 Å². The van der Waals surface area contributed by atoms with Crippen LogP contribution in [0, 0.1) is 5.82 Å². The summed E-state index contributed by atoms with van der Waals surface area (Å²) in [5, 5.41) is 2.88. The number of thiol groups is 1. The molecule has 0 bridgehead atoms. The number of carbonyl (C=O) groups excluding carboxylic acids is 1. The predicted molar refractivity (Wildman–Crippen MR) is 75.8 cm³/mol. The fraction of sp³-hybridized carbons (Fsp3) is 0.133. The highest BCUT2D eigenvalue weighted by atomic mass is 32.1. The minimum Gasteiger partial charge on any atom is -0.491 e. The Kier molecular flexibility index (Phi) is 3.36. The number of amides is 1. The van der Waals surface area contributed by atoms with Crippen LogP contribution in [0.2, 0.25) is 0 Å². The molecule has 1 aliphatic rings. The molecule has 0 aliphatic carbocycles. The molecule has 5 heteroatoms. The topological polar surface area (TPSA) is 38.3 Å². The molecule has 2 aromatic rings. The van der Waals surface area contributed by atoms with Crippen molar-refractivity contribution in [3.05, 3.63) is 59.4 Å². The third kappa shape index (κ3) is 2.36. The average molecular weight is 289 g/mol. The first-order chi connectivity index (χ1) is 9.65. The molecule has 1 aliphatic heterocycles. The van der Waals surface area contributed by atoms with E-state index < -0.39 is 5.82 Å². The average Bonchev–Trinajstić information content (AvgIpc) is 2.85. The van der Waals surface area contributed by atoms with E-state index in [-0.39, 0.29) is 16.8 Å². The van der Waals surface area contributed by atoms with Crippen molar-refractivity contribution in [1.82, 2.24) is 5.32 Å². The maximum absolute atomic E-state index is 13.1. The molecule has 0 aromatic heterocycles. The zero-order valence-corrected chi connectivity index (χ0v) is 11.4. The van der Waals surface area contributed by atoms with Gasteiger partial charge < -0.3 is 10.1 Å². The van der Waals surface area contributed by atoms with Gasteiger partial charge in [-0.3, -0.25) is 4.79 Å². The maximum Gasteiger partial charge on any atom is 0.251 e. The normalized spacial score (nSPS) is 16.4. The van der Waals surface area contributed by atoms with Crippen LogP contribution in [0.3, 0.4) is 0 Å². The van der Waals surface area contributed by atoms with Gasteiger partial charge in [0, 0.05) is 16.0 Å². The van der Waals surface area contributed by atoms with E-state index in [1.54, 1.807) is 0 Å². The Morgan fingerprint density at radius 2 is 2.10 bits per heavy atom. The second-order valence-corrected chi connectivity index (χ2v) is 5.02. The standard InChI is InChI=1S/C15H12FNO2S/c16-11-6-5-9(7-14(11)20)15(18)17-12-8-19-13-4-2-1-3-10(12)13/h1-7,12,20H,8H2,(H,17,18). The molecule has 1 heterocycles. The van der Waals surface area contributed by atoms with Gasteiger partial charge in [-0.25, -0.2) is 4.39 Å².